The number of hydrogen-bond donors (Lipinski definition) is 1. The molecule has 8 nitrogen and oxygen atoms in total. The van der Waals surface area contributed by atoms with E-state index in [1.165, 1.54) is 24.4 Å². The monoisotopic (exact) mass is 371 g/mol. The summed E-state index contributed by atoms with van der Waals surface area (Å²) in [6.45, 7) is 5.20. The van der Waals surface area contributed by atoms with E-state index in [-0.39, 0.29) is 23.8 Å². The first-order valence-electron chi connectivity index (χ1n) is 8.44. The Morgan fingerprint density at radius 2 is 1.93 bits per heavy atom. The fourth-order valence-corrected chi connectivity index (χ4v) is 2.51. The predicted molar refractivity (Wildman–Crippen MR) is 98.1 cm³/mol. The molecule has 1 atom stereocenters. The average Bonchev–Trinajstić information content (AvgIpc) is 2.61. The summed E-state index contributed by atoms with van der Waals surface area (Å²) in [5.41, 5.74) is 1.10. The van der Waals surface area contributed by atoms with Crippen molar-refractivity contribution in [1.29, 1.82) is 0 Å². The van der Waals surface area contributed by atoms with Crippen molar-refractivity contribution in [2.24, 2.45) is 0 Å². The molecule has 1 heterocycles. The lowest BCUT2D eigenvalue weighted by Crippen LogP contribution is -2.31. The zero-order valence-corrected chi connectivity index (χ0v) is 15.3. The van der Waals surface area contributed by atoms with Gasteiger partial charge in [0.25, 0.3) is 11.6 Å². The summed E-state index contributed by atoms with van der Waals surface area (Å²) < 4.78 is 5.13. The highest BCUT2D eigenvalue weighted by molar-refractivity contribution is 5.94. The van der Waals surface area contributed by atoms with Crippen LogP contribution in [0.1, 0.15) is 47.9 Å². The molecule has 0 spiro atoms. The highest BCUT2D eigenvalue weighted by atomic mass is 16.6. The number of nitro benzene ring substituents is 1. The van der Waals surface area contributed by atoms with Crippen LogP contribution < -0.4 is 5.32 Å². The first-order valence-corrected chi connectivity index (χ1v) is 8.44. The molecule has 0 aliphatic heterocycles. The van der Waals surface area contributed by atoms with E-state index in [1.807, 2.05) is 0 Å². The molecule has 0 aliphatic carbocycles. The van der Waals surface area contributed by atoms with Crippen molar-refractivity contribution in [3.05, 3.63) is 69.5 Å². The maximum Gasteiger partial charge on any atom is 0.308 e. The average molecular weight is 371 g/mol. The molecule has 1 amide bonds. The van der Waals surface area contributed by atoms with Crippen LogP contribution in [0.15, 0.2) is 42.6 Å². The van der Waals surface area contributed by atoms with Crippen LogP contribution in [0.5, 0.6) is 0 Å². The first-order chi connectivity index (χ1) is 12.8. The fraction of sp³-hybridized carbons (Fsp3) is 0.316. The van der Waals surface area contributed by atoms with E-state index in [0.29, 0.717) is 5.56 Å². The molecule has 27 heavy (non-hydrogen) atoms. The molecular weight excluding hydrogens is 350 g/mol. The topological polar surface area (TPSA) is 111 Å². The third-order valence-corrected chi connectivity index (χ3v) is 3.73. The molecule has 0 fully saturated rings. The smallest absolute Gasteiger partial charge is 0.308 e. The van der Waals surface area contributed by atoms with E-state index in [2.05, 4.69) is 10.3 Å². The van der Waals surface area contributed by atoms with Crippen LogP contribution in [0.3, 0.4) is 0 Å². The molecular formula is C19H21N3O5. The van der Waals surface area contributed by atoms with Gasteiger partial charge in [-0.3, -0.25) is 24.7 Å². The van der Waals surface area contributed by atoms with Crippen LogP contribution in [0.25, 0.3) is 0 Å². The SMILES string of the molecule is Cc1ccc(C(=O)NC(CC(=O)OC(C)C)c2ccccc2[N+](=O)[O-])cn1. The fourth-order valence-electron chi connectivity index (χ4n) is 2.51. The molecule has 0 aliphatic rings. The third kappa shape index (κ3) is 5.60. The molecule has 1 N–H and O–H groups in total. The Labute approximate surface area is 156 Å². The number of nitro groups is 1. The maximum atomic E-state index is 12.6. The number of ether oxygens (including phenoxy) is 1. The number of aryl methyl sites for hydroxylation is 1. The standard InChI is InChI=1S/C19H21N3O5/c1-12(2)27-18(23)10-16(15-6-4-5-7-17(15)22(25)26)21-19(24)14-9-8-13(3)20-11-14/h4-9,11-12,16H,10H2,1-3H3,(H,21,24). The molecule has 1 aromatic heterocycles. The Balaban J connectivity index is 2.32. The second kappa shape index (κ2) is 8.88. The zero-order chi connectivity index (χ0) is 20.0. The van der Waals surface area contributed by atoms with Crippen molar-refractivity contribution in [1.82, 2.24) is 10.3 Å². The molecule has 1 aromatic carbocycles. The molecule has 0 radical (unpaired) electrons. The van der Waals surface area contributed by atoms with E-state index in [4.69, 9.17) is 4.74 Å². The van der Waals surface area contributed by atoms with Gasteiger partial charge in [0.15, 0.2) is 0 Å². The number of para-hydroxylation sites is 1. The Hall–Kier alpha value is -3.29. The Kier molecular flexibility index (Phi) is 6.59. The minimum Gasteiger partial charge on any atom is -0.463 e. The highest BCUT2D eigenvalue weighted by Crippen LogP contribution is 2.28. The number of carbonyl (C=O) groups is 2. The van der Waals surface area contributed by atoms with Crippen LogP contribution in [0.4, 0.5) is 5.69 Å². The number of carbonyl (C=O) groups excluding carboxylic acids is 2. The number of rotatable bonds is 7. The predicted octanol–water partition coefficient (Wildman–Crippen LogP) is 3.11. The van der Waals surface area contributed by atoms with E-state index in [1.54, 1.807) is 39.0 Å². The van der Waals surface area contributed by atoms with Crippen molar-refractivity contribution in [2.45, 2.75) is 39.3 Å². The van der Waals surface area contributed by atoms with Gasteiger partial charge in [-0.15, -0.1) is 0 Å². The van der Waals surface area contributed by atoms with Crippen LogP contribution >= 0.6 is 0 Å². The molecule has 8 heteroatoms. The lowest BCUT2D eigenvalue weighted by Gasteiger charge is -2.19. The number of amides is 1. The molecule has 2 aromatic rings. The van der Waals surface area contributed by atoms with Gasteiger partial charge in [0.2, 0.25) is 0 Å². The summed E-state index contributed by atoms with van der Waals surface area (Å²) in [4.78, 5) is 39.5. The van der Waals surface area contributed by atoms with Crippen molar-refractivity contribution in [3.8, 4) is 0 Å². The lowest BCUT2D eigenvalue weighted by molar-refractivity contribution is -0.385. The number of nitrogens with zero attached hydrogens (tertiary/aromatic N) is 2. The number of esters is 1. The molecule has 0 saturated heterocycles. The third-order valence-electron chi connectivity index (χ3n) is 3.73. The van der Waals surface area contributed by atoms with Gasteiger partial charge in [0.1, 0.15) is 0 Å². The summed E-state index contributed by atoms with van der Waals surface area (Å²) in [6, 6.07) is 8.35. The summed E-state index contributed by atoms with van der Waals surface area (Å²) in [6.07, 6.45) is 0.850. The quantitative estimate of drug-likeness (QED) is 0.455. The first kappa shape index (κ1) is 20.0. The number of hydrogen-bond acceptors (Lipinski definition) is 6. The number of benzene rings is 1. The summed E-state index contributed by atoms with van der Waals surface area (Å²) in [5, 5.41) is 14.0. The zero-order valence-electron chi connectivity index (χ0n) is 15.3. The van der Waals surface area contributed by atoms with Gasteiger partial charge < -0.3 is 10.1 Å². The van der Waals surface area contributed by atoms with Gasteiger partial charge in [-0.05, 0) is 32.9 Å². The van der Waals surface area contributed by atoms with E-state index in [9.17, 15) is 19.7 Å². The molecule has 0 bridgehead atoms. The van der Waals surface area contributed by atoms with Crippen LogP contribution in [-0.4, -0.2) is 27.9 Å². The lowest BCUT2D eigenvalue weighted by atomic mass is 10.0. The largest absolute Gasteiger partial charge is 0.463 e. The number of pyridine rings is 1. The van der Waals surface area contributed by atoms with Crippen LogP contribution in [0, 0.1) is 17.0 Å². The second-order valence-corrected chi connectivity index (χ2v) is 6.27. The van der Waals surface area contributed by atoms with Gasteiger partial charge >= 0.3 is 5.97 Å². The van der Waals surface area contributed by atoms with Gasteiger partial charge in [0, 0.05) is 18.0 Å². The minimum absolute atomic E-state index is 0.179. The molecule has 1 unspecified atom stereocenters. The Morgan fingerprint density at radius 1 is 1.22 bits per heavy atom. The number of nitrogens with one attached hydrogen (secondary N) is 1. The molecule has 0 saturated carbocycles. The van der Waals surface area contributed by atoms with E-state index >= 15 is 0 Å². The summed E-state index contributed by atoms with van der Waals surface area (Å²) in [7, 11) is 0. The number of aromatic nitrogens is 1. The van der Waals surface area contributed by atoms with E-state index in [0.717, 1.165) is 5.69 Å². The highest BCUT2D eigenvalue weighted by Gasteiger charge is 2.27. The maximum absolute atomic E-state index is 12.6. The van der Waals surface area contributed by atoms with Crippen molar-refractivity contribution >= 4 is 17.6 Å². The Bertz CT molecular complexity index is 833. The van der Waals surface area contributed by atoms with Crippen molar-refractivity contribution in [2.75, 3.05) is 0 Å². The van der Waals surface area contributed by atoms with Crippen molar-refractivity contribution in [3.63, 3.8) is 0 Å². The van der Waals surface area contributed by atoms with Gasteiger partial charge in [-0.1, -0.05) is 18.2 Å². The van der Waals surface area contributed by atoms with Gasteiger partial charge in [-0.25, -0.2) is 0 Å². The van der Waals surface area contributed by atoms with Crippen LogP contribution in [0.2, 0.25) is 0 Å². The van der Waals surface area contributed by atoms with Gasteiger partial charge in [0.05, 0.1) is 34.6 Å². The van der Waals surface area contributed by atoms with E-state index < -0.39 is 22.8 Å². The normalized spacial score (nSPS) is 11.7. The minimum atomic E-state index is -0.911. The van der Waals surface area contributed by atoms with Crippen LogP contribution in [-0.2, 0) is 9.53 Å². The van der Waals surface area contributed by atoms with Crippen molar-refractivity contribution < 1.29 is 19.2 Å². The molecule has 2 rings (SSSR count). The second-order valence-electron chi connectivity index (χ2n) is 6.27. The Morgan fingerprint density at radius 3 is 2.52 bits per heavy atom. The summed E-state index contributed by atoms with van der Waals surface area (Å²) in [5.74, 6) is -1.04. The molecule has 142 valence electrons. The van der Waals surface area contributed by atoms with Gasteiger partial charge in [-0.2, -0.15) is 0 Å². The summed E-state index contributed by atoms with van der Waals surface area (Å²) >= 11 is 0.